The molecule has 30 heavy (non-hydrogen) atoms. The van der Waals surface area contributed by atoms with E-state index in [4.69, 9.17) is 4.74 Å². The predicted octanol–water partition coefficient (Wildman–Crippen LogP) is 3.50. The molecule has 1 unspecified atom stereocenters. The Kier molecular flexibility index (Phi) is 5.75. The number of aromatic nitrogens is 1. The molecule has 0 saturated carbocycles. The molecule has 1 aromatic heterocycles. The van der Waals surface area contributed by atoms with Crippen molar-refractivity contribution in [2.45, 2.75) is 56.1 Å². The summed E-state index contributed by atoms with van der Waals surface area (Å²) in [7, 11) is -3.88. The van der Waals surface area contributed by atoms with Crippen molar-refractivity contribution in [3.05, 3.63) is 61.3 Å². The smallest absolute Gasteiger partial charge is 0.245 e. The first-order valence-corrected chi connectivity index (χ1v) is 11.1. The molecular formula is C22H27N3O4S. The van der Waals surface area contributed by atoms with E-state index in [0.29, 0.717) is 18.1 Å². The van der Waals surface area contributed by atoms with Crippen LogP contribution in [0.4, 0.5) is 0 Å². The van der Waals surface area contributed by atoms with Gasteiger partial charge in [-0.05, 0) is 58.4 Å². The van der Waals surface area contributed by atoms with Gasteiger partial charge in [-0.1, -0.05) is 24.8 Å². The number of para-hydroxylation sites is 1. The lowest BCUT2D eigenvalue weighted by molar-refractivity contribution is -0.117. The van der Waals surface area contributed by atoms with E-state index in [1.807, 2.05) is 45.9 Å². The highest BCUT2D eigenvalue weighted by Crippen LogP contribution is 2.44. The number of pyridine rings is 1. The van der Waals surface area contributed by atoms with E-state index in [1.165, 1.54) is 28.7 Å². The third-order valence-corrected chi connectivity index (χ3v) is 7.63. The summed E-state index contributed by atoms with van der Waals surface area (Å²) in [6, 6.07) is 11.8. The monoisotopic (exact) mass is 429 g/mol. The number of ether oxygens (including phenoxy) is 1. The first kappa shape index (κ1) is 22.0. The van der Waals surface area contributed by atoms with Gasteiger partial charge < -0.3 is 10.1 Å². The minimum absolute atomic E-state index is 0.0692. The van der Waals surface area contributed by atoms with Crippen molar-refractivity contribution in [3.8, 4) is 11.6 Å². The number of sulfonamides is 1. The molecule has 0 radical (unpaired) electrons. The first-order valence-electron chi connectivity index (χ1n) is 9.66. The van der Waals surface area contributed by atoms with Crippen LogP contribution < -0.4 is 10.1 Å². The number of rotatable bonds is 6. The SMILES string of the molecule is C=CC(=O)NC1CC(C)(C)N(S(=O)(=O)c2ccc(Oc3ccccc3)nc2)C1(C)C. The zero-order chi connectivity index (χ0) is 22.2. The van der Waals surface area contributed by atoms with E-state index in [1.54, 1.807) is 12.1 Å². The van der Waals surface area contributed by atoms with Crippen LogP contribution in [0.1, 0.15) is 34.1 Å². The second-order valence-corrected chi connectivity index (χ2v) is 10.2. The van der Waals surface area contributed by atoms with E-state index < -0.39 is 21.1 Å². The van der Waals surface area contributed by atoms with Crippen molar-refractivity contribution in [2.75, 3.05) is 0 Å². The number of carbonyl (C=O) groups is 1. The van der Waals surface area contributed by atoms with Crippen molar-refractivity contribution < 1.29 is 17.9 Å². The lowest BCUT2D eigenvalue weighted by atomic mass is 9.94. The summed E-state index contributed by atoms with van der Waals surface area (Å²) in [6.45, 7) is 10.8. The molecule has 0 bridgehead atoms. The molecule has 1 atom stereocenters. The van der Waals surface area contributed by atoms with E-state index >= 15 is 0 Å². The number of nitrogens with one attached hydrogen (secondary N) is 1. The lowest BCUT2D eigenvalue weighted by Gasteiger charge is -2.40. The number of amides is 1. The van der Waals surface area contributed by atoms with Gasteiger partial charge in [0.2, 0.25) is 21.8 Å². The van der Waals surface area contributed by atoms with Gasteiger partial charge in [0.15, 0.2) is 0 Å². The van der Waals surface area contributed by atoms with Crippen molar-refractivity contribution in [2.24, 2.45) is 0 Å². The van der Waals surface area contributed by atoms with Gasteiger partial charge in [-0.25, -0.2) is 13.4 Å². The molecule has 0 spiro atoms. The number of carbonyl (C=O) groups excluding carboxylic acids is 1. The predicted molar refractivity (Wildman–Crippen MR) is 115 cm³/mol. The number of nitrogens with zero attached hydrogens (tertiary/aromatic N) is 2. The Bertz CT molecular complexity index is 1030. The van der Waals surface area contributed by atoms with Gasteiger partial charge in [-0.2, -0.15) is 4.31 Å². The van der Waals surface area contributed by atoms with Crippen LogP contribution >= 0.6 is 0 Å². The van der Waals surface area contributed by atoms with Crippen molar-refractivity contribution >= 4 is 15.9 Å². The van der Waals surface area contributed by atoms with E-state index in [9.17, 15) is 13.2 Å². The molecule has 8 heteroatoms. The number of hydrogen-bond acceptors (Lipinski definition) is 5. The molecular weight excluding hydrogens is 402 g/mol. The van der Waals surface area contributed by atoms with Crippen LogP contribution in [0.15, 0.2) is 66.2 Å². The average molecular weight is 430 g/mol. The van der Waals surface area contributed by atoms with E-state index in [2.05, 4.69) is 16.9 Å². The van der Waals surface area contributed by atoms with Gasteiger partial charge in [0, 0.05) is 17.6 Å². The molecule has 1 fully saturated rings. The minimum atomic E-state index is -3.88. The maximum atomic E-state index is 13.5. The van der Waals surface area contributed by atoms with Gasteiger partial charge in [-0.15, -0.1) is 0 Å². The molecule has 160 valence electrons. The number of hydrogen-bond donors (Lipinski definition) is 1. The fourth-order valence-electron chi connectivity index (χ4n) is 4.14. The molecule has 1 aromatic carbocycles. The van der Waals surface area contributed by atoms with Crippen LogP contribution in [0.5, 0.6) is 11.6 Å². The molecule has 2 aromatic rings. The maximum absolute atomic E-state index is 13.5. The molecule has 1 aliphatic rings. The fourth-order valence-corrected chi connectivity index (χ4v) is 6.25. The Morgan fingerprint density at radius 2 is 1.87 bits per heavy atom. The molecule has 0 aliphatic carbocycles. The van der Waals surface area contributed by atoms with Crippen molar-refractivity contribution in [1.82, 2.24) is 14.6 Å². The summed E-state index contributed by atoms with van der Waals surface area (Å²) in [5, 5.41) is 2.87. The quantitative estimate of drug-likeness (QED) is 0.710. The zero-order valence-electron chi connectivity index (χ0n) is 17.6. The second kappa shape index (κ2) is 7.85. The molecule has 1 saturated heterocycles. The van der Waals surface area contributed by atoms with E-state index in [0.717, 1.165) is 0 Å². The molecule has 1 N–H and O–H groups in total. The van der Waals surface area contributed by atoms with Crippen LogP contribution in [0, 0.1) is 0 Å². The van der Waals surface area contributed by atoms with Crippen LogP contribution in [-0.2, 0) is 14.8 Å². The highest BCUT2D eigenvalue weighted by atomic mass is 32.2. The third kappa shape index (κ3) is 4.11. The molecule has 1 amide bonds. The standard InChI is InChI=1S/C22H27N3O4S/c1-6-19(26)24-18-14-21(2,3)25(22(18,4)5)30(27,28)17-12-13-20(23-15-17)29-16-10-8-7-9-11-16/h6-13,15,18H,1,14H2,2-5H3,(H,24,26). The zero-order valence-corrected chi connectivity index (χ0v) is 18.4. The Balaban J connectivity index is 1.89. The van der Waals surface area contributed by atoms with Crippen LogP contribution in [0.25, 0.3) is 0 Å². The summed E-state index contributed by atoms with van der Waals surface area (Å²) < 4.78 is 34.2. The van der Waals surface area contributed by atoms with Gasteiger partial charge in [-0.3, -0.25) is 4.79 Å². The van der Waals surface area contributed by atoms with Gasteiger partial charge in [0.1, 0.15) is 10.6 Å². The Hall–Kier alpha value is -2.71. The van der Waals surface area contributed by atoms with E-state index in [-0.39, 0.29) is 16.8 Å². The average Bonchev–Trinajstić information content (AvgIpc) is 2.86. The van der Waals surface area contributed by atoms with Crippen LogP contribution in [-0.4, -0.2) is 40.7 Å². The summed E-state index contributed by atoms with van der Waals surface area (Å²) in [6.07, 6.45) is 2.96. The van der Waals surface area contributed by atoms with Gasteiger partial charge in [0.05, 0.1) is 11.7 Å². The van der Waals surface area contributed by atoms with Crippen LogP contribution in [0.2, 0.25) is 0 Å². The maximum Gasteiger partial charge on any atom is 0.245 e. The summed E-state index contributed by atoms with van der Waals surface area (Å²) in [5.41, 5.74) is -1.55. The molecule has 3 rings (SSSR count). The molecule has 1 aliphatic heterocycles. The Labute approximate surface area is 177 Å². The normalized spacial score (nSPS) is 20.5. The Morgan fingerprint density at radius 1 is 1.20 bits per heavy atom. The second-order valence-electron chi connectivity index (χ2n) is 8.45. The third-order valence-electron chi connectivity index (χ3n) is 5.34. The fraction of sp³-hybridized carbons (Fsp3) is 0.364. The minimum Gasteiger partial charge on any atom is -0.439 e. The summed E-state index contributed by atoms with van der Waals surface area (Å²) in [4.78, 5) is 16.1. The summed E-state index contributed by atoms with van der Waals surface area (Å²) >= 11 is 0. The largest absolute Gasteiger partial charge is 0.439 e. The highest BCUT2D eigenvalue weighted by Gasteiger charge is 2.57. The molecule has 7 nitrogen and oxygen atoms in total. The molecule has 2 heterocycles. The van der Waals surface area contributed by atoms with Crippen molar-refractivity contribution in [1.29, 1.82) is 0 Å². The van der Waals surface area contributed by atoms with Gasteiger partial charge in [0.25, 0.3) is 0 Å². The number of benzene rings is 1. The van der Waals surface area contributed by atoms with Crippen LogP contribution in [0.3, 0.4) is 0 Å². The topological polar surface area (TPSA) is 88.6 Å². The Morgan fingerprint density at radius 3 is 2.43 bits per heavy atom. The first-order chi connectivity index (χ1) is 14.0. The summed E-state index contributed by atoms with van der Waals surface area (Å²) in [5.74, 6) is 0.589. The van der Waals surface area contributed by atoms with Gasteiger partial charge >= 0.3 is 0 Å². The lowest BCUT2D eigenvalue weighted by Crippen LogP contribution is -2.56. The van der Waals surface area contributed by atoms with Crippen molar-refractivity contribution in [3.63, 3.8) is 0 Å². The highest BCUT2D eigenvalue weighted by molar-refractivity contribution is 7.89.